The van der Waals surface area contributed by atoms with Gasteiger partial charge in [0, 0.05) is 0 Å². The molecule has 0 aromatic heterocycles. The lowest BCUT2D eigenvalue weighted by molar-refractivity contribution is 0.176. The van der Waals surface area contributed by atoms with E-state index >= 15 is 0 Å². The summed E-state index contributed by atoms with van der Waals surface area (Å²) in [6.07, 6.45) is 4.45. The summed E-state index contributed by atoms with van der Waals surface area (Å²) in [4.78, 5) is 10.6. The highest BCUT2D eigenvalue weighted by atomic mass is 16.6. The lowest BCUT2D eigenvalue weighted by atomic mass is 10.1. The summed E-state index contributed by atoms with van der Waals surface area (Å²) in [5.74, 6) is 0. The van der Waals surface area contributed by atoms with Gasteiger partial charge in [0.1, 0.15) is 6.61 Å². The fourth-order valence-electron chi connectivity index (χ4n) is 1.22. The molecular formula is C8H15NO2. The van der Waals surface area contributed by atoms with Crippen LogP contribution < -0.4 is 5.32 Å². The predicted octanol–water partition coefficient (Wildman–Crippen LogP) is 1.68. The summed E-state index contributed by atoms with van der Waals surface area (Å²) >= 11 is 0. The molecule has 3 heteroatoms. The largest absolute Gasteiger partial charge is 0.447 e. The highest BCUT2D eigenvalue weighted by Gasteiger charge is 2.20. The summed E-state index contributed by atoms with van der Waals surface area (Å²) in [5.41, 5.74) is 0. The Balaban J connectivity index is 2.04. The van der Waals surface area contributed by atoms with Crippen LogP contribution in [0.3, 0.4) is 0 Å². The number of cyclic esters (lactones) is 1. The number of hydrogen-bond acceptors (Lipinski definition) is 2. The van der Waals surface area contributed by atoms with Crippen LogP contribution in [0.15, 0.2) is 0 Å². The van der Waals surface area contributed by atoms with E-state index in [1.54, 1.807) is 0 Å². The highest BCUT2D eigenvalue weighted by Crippen LogP contribution is 2.07. The standard InChI is InChI=1S/C8H15NO2/c1-2-3-4-5-7-6-11-8(10)9-7/h7H,2-6H2,1H3,(H,9,10)/t7-/m0/s1. The molecule has 0 aromatic rings. The highest BCUT2D eigenvalue weighted by molar-refractivity contribution is 5.69. The molecule has 0 aliphatic carbocycles. The molecule has 1 fully saturated rings. The van der Waals surface area contributed by atoms with Crippen LogP contribution in [-0.2, 0) is 4.74 Å². The van der Waals surface area contributed by atoms with Crippen molar-refractivity contribution < 1.29 is 9.53 Å². The molecule has 1 rings (SSSR count). The van der Waals surface area contributed by atoms with E-state index in [-0.39, 0.29) is 12.1 Å². The van der Waals surface area contributed by atoms with Gasteiger partial charge in [-0.15, -0.1) is 0 Å². The Bertz CT molecular complexity index is 136. The summed E-state index contributed by atoms with van der Waals surface area (Å²) in [6.45, 7) is 2.73. The molecule has 3 nitrogen and oxygen atoms in total. The molecule has 0 radical (unpaired) electrons. The van der Waals surface area contributed by atoms with E-state index < -0.39 is 0 Å². The number of alkyl carbamates (subject to hydrolysis) is 1. The number of unbranched alkanes of at least 4 members (excludes halogenated alkanes) is 2. The fourth-order valence-corrected chi connectivity index (χ4v) is 1.22. The van der Waals surface area contributed by atoms with Crippen molar-refractivity contribution in [3.8, 4) is 0 Å². The summed E-state index contributed by atoms with van der Waals surface area (Å²) in [6, 6.07) is 0.272. The second-order valence-corrected chi connectivity index (χ2v) is 2.94. The lowest BCUT2D eigenvalue weighted by Crippen LogP contribution is -2.25. The average molecular weight is 157 g/mol. The third kappa shape index (κ3) is 2.78. The molecule has 0 saturated carbocycles. The van der Waals surface area contributed by atoms with Crippen molar-refractivity contribution >= 4 is 6.09 Å². The second-order valence-electron chi connectivity index (χ2n) is 2.94. The summed E-state index contributed by atoms with van der Waals surface area (Å²) in [7, 11) is 0. The molecule has 0 aromatic carbocycles. The van der Waals surface area contributed by atoms with Crippen LogP contribution in [0.25, 0.3) is 0 Å². The first-order chi connectivity index (χ1) is 5.33. The smallest absolute Gasteiger partial charge is 0.407 e. The van der Waals surface area contributed by atoms with Crippen molar-refractivity contribution in [2.45, 2.75) is 38.6 Å². The zero-order valence-corrected chi connectivity index (χ0v) is 6.93. The third-order valence-electron chi connectivity index (χ3n) is 1.89. The van der Waals surface area contributed by atoms with Gasteiger partial charge in [-0.2, -0.15) is 0 Å². The Kier molecular flexibility index (Phi) is 3.20. The Morgan fingerprint density at radius 1 is 1.64 bits per heavy atom. The monoisotopic (exact) mass is 157 g/mol. The number of ether oxygens (including phenoxy) is 1. The van der Waals surface area contributed by atoms with Crippen molar-refractivity contribution in [2.75, 3.05) is 6.61 Å². The predicted molar refractivity (Wildman–Crippen MR) is 42.4 cm³/mol. The quantitative estimate of drug-likeness (QED) is 0.630. The zero-order chi connectivity index (χ0) is 8.10. The Hall–Kier alpha value is -0.730. The van der Waals surface area contributed by atoms with Crippen molar-refractivity contribution in [3.63, 3.8) is 0 Å². The molecule has 0 unspecified atom stereocenters. The van der Waals surface area contributed by atoms with Gasteiger partial charge in [0.15, 0.2) is 0 Å². The van der Waals surface area contributed by atoms with Gasteiger partial charge >= 0.3 is 6.09 Å². The van der Waals surface area contributed by atoms with Gasteiger partial charge < -0.3 is 10.1 Å². The van der Waals surface area contributed by atoms with Crippen LogP contribution in [0.1, 0.15) is 32.6 Å². The first kappa shape index (κ1) is 8.37. The van der Waals surface area contributed by atoms with Crippen molar-refractivity contribution in [3.05, 3.63) is 0 Å². The minimum Gasteiger partial charge on any atom is -0.447 e. The van der Waals surface area contributed by atoms with Crippen LogP contribution in [0.4, 0.5) is 4.79 Å². The Morgan fingerprint density at radius 3 is 3.00 bits per heavy atom. The first-order valence-corrected chi connectivity index (χ1v) is 4.26. The van der Waals surface area contributed by atoms with Gasteiger partial charge in [0.25, 0.3) is 0 Å². The minimum atomic E-state index is -0.258. The van der Waals surface area contributed by atoms with E-state index in [0.29, 0.717) is 6.61 Å². The number of carbonyl (C=O) groups excluding carboxylic acids is 1. The molecule has 11 heavy (non-hydrogen) atoms. The summed E-state index contributed by atoms with van der Waals surface area (Å²) in [5, 5.41) is 2.75. The fraction of sp³-hybridized carbons (Fsp3) is 0.875. The normalized spacial score (nSPS) is 23.0. The molecule has 0 spiro atoms. The van der Waals surface area contributed by atoms with Crippen LogP contribution in [-0.4, -0.2) is 18.7 Å². The van der Waals surface area contributed by atoms with Crippen LogP contribution >= 0.6 is 0 Å². The Morgan fingerprint density at radius 2 is 2.45 bits per heavy atom. The van der Waals surface area contributed by atoms with Gasteiger partial charge in [-0.25, -0.2) is 4.79 Å². The molecule has 1 atom stereocenters. The van der Waals surface area contributed by atoms with E-state index in [0.717, 1.165) is 6.42 Å². The number of amides is 1. The van der Waals surface area contributed by atoms with Crippen LogP contribution in [0, 0.1) is 0 Å². The minimum absolute atomic E-state index is 0.258. The number of rotatable bonds is 4. The van der Waals surface area contributed by atoms with Crippen LogP contribution in [0.5, 0.6) is 0 Å². The molecule has 1 heterocycles. The molecular weight excluding hydrogens is 142 g/mol. The van der Waals surface area contributed by atoms with Gasteiger partial charge in [-0.1, -0.05) is 26.2 Å². The molecule has 64 valence electrons. The summed E-state index contributed by atoms with van der Waals surface area (Å²) < 4.78 is 4.75. The first-order valence-electron chi connectivity index (χ1n) is 4.26. The number of carbonyl (C=O) groups is 1. The zero-order valence-electron chi connectivity index (χ0n) is 6.93. The van der Waals surface area contributed by atoms with E-state index in [1.165, 1.54) is 19.3 Å². The molecule has 1 aliphatic rings. The second kappa shape index (κ2) is 4.21. The van der Waals surface area contributed by atoms with E-state index in [9.17, 15) is 4.79 Å². The molecule has 0 bridgehead atoms. The van der Waals surface area contributed by atoms with Gasteiger partial charge in [-0.3, -0.25) is 0 Å². The van der Waals surface area contributed by atoms with Gasteiger partial charge in [0.05, 0.1) is 6.04 Å². The average Bonchev–Trinajstić information content (AvgIpc) is 2.37. The van der Waals surface area contributed by atoms with Gasteiger partial charge in [0.2, 0.25) is 0 Å². The lowest BCUT2D eigenvalue weighted by Gasteiger charge is -2.04. The maximum atomic E-state index is 10.6. The van der Waals surface area contributed by atoms with E-state index in [2.05, 4.69) is 12.2 Å². The molecule has 1 amide bonds. The van der Waals surface area contributed by atoms with Crippen molar-refractivity contribution in [1.29, 1.82) is 0 Å². The number of hydrogen-bond donors (Lipinski definition) is 1. The van der Waals surface area contributed by atoms with E-state index in [4.69, 9.17) is 4.74 Å². The van der Waals surface area contributed by atoms with E-state index in [1.807, 2.05) is 0 Å². The van der Waals surface area contributed by atoms with Crippen molar-refractivity contribution in [1.82, 2.24) is 5.32 Å². The maximum absolute atomic E-state index is 10.6. The van der Waals surface area contributed by atoms with Crippen molar-refractivity contribution in [2.24, 2.45) is 0 Å². The SMILES string of the molecule is CCCCC[C@H]1COC(=O)N1. The molecule has 1 aliphatic heterocycles. The molecule has 1 N–H and O–H groups in total. The maximum Gasteiger partial charge on any atom is 0.407 e. The topological polar surface area (TPSA) is 38.3 Å². The number of nitrogens with one attached hydrogen (secondary N) is 1. The Labute approximate surface area is 67.1 Å². The third-order valence-corrected chi connectivity index (χ3v) is 1.89. The molecule has 1 saturated heterocycles. The van der Waals surface area contributed by atoms with Crippen LogP contribution in [0.2, 0.25) is 0 Å². The van der Waals surface area contributed by atoms with Gasteiger partial charge in [-0.05, 0) is 6.42 Å².